The van der Waals surface area contributed by atoms with E-state index in [1.165, 1.54) is 0 Å². The van der Waals surface area contributed by atoms with E-state index in [1.54, 1.807) is 4.72 Å². The van der Waals surface area contributed by atoms with E-state index < -0.39 is 17.4 Å². The third kappa shape index (κ3) is 3.57. The summed E-state index contributed by atoms with van der Waals surface area (Å²) in [5, 5.41) is 0. The van der Waals surface area contributed by atoms with Crippen molar-refractivity contribution < 1.29 is 18.3 Å². The molecule has 0 saturated carbocycles. The maximum absolute atomic E-state index is 9.94. The molecule has 0 rings (SSSR count). The molecule has 0 aliphatic carbocycles. The lowest BCUT2D eigenvalue weighted by molar-refractivity contribution is 0.177. The van der Waals surface area contributed by atoms with Gasteiger partial charge in [-0.15, -0.1) is 0 Å². The van der Waals surface area contributed by atoms with E-state index >= 15 is 0 Å². The van der Waals surface area contributed by atoms with Crippen LogP contribution in [0.2, 0.25) is 0 Å². The number of nitrogens with one attached hydrogen (secondary N) is 1. The summed E-state index contributed by atoms with van der Waals surface area (Å²) in [4.78, 5) is 9.94. The van der Waals surface area contributed by atoms with Crippen molar-refractivity contribution in [1.29, 1.82) is 0 Å². The molecule has 0 heterocycles. The molecular weight excluding hydrogens is 134 g/mol. The molecule has 1 atom stereocenters. The van der Waals surface area contributed by atoms with E-state index in [4.69, 9.17) is 4.55 Å². The highest BCUT2D eigenvalue weighted by Gasteiger charge is 1.98. The summed E-state index contributed by atoms with van der Waals surface area (Å²) in [5.41, 5.74) is 0. The number of carbonyl (C=O) groups excluding carboxylic acids is 1. The average molecular weight is 139 g/mol. The molecule has 6 heteroatoms. The molecule has 5 nitrogen and oxygen atoms in total. The van der Waals surface area contributed by atoms with Crippen molar-refractivity contribution in [2.75, 3.05) is 7.11 Å². The number of rotatable bonds is 1. The molecule has 0 fully saturated rings. The van der Waals surface area contributed by atoms with Crippen molar-refractivity contribution in [3.8, 4) is 0 Å². The van der Waals surface area contributed by atoms with Gasteiger partial charge in [0.1, 0.15) is 0 Å². The second-order valence-corrected chi connectivity index (χ2v) is 1.55. The molecule has 0 spiro atoms. The van der Waals surface area contributed by atoms with Crippen LogP contribution in [-0.4, -0.2) is 22.0 Å². The van der Waals surface area contributed by atoms with E-state index in [9.17, 15) is 9.00 Å². The Balaban J connectivity index is 3.40. The van der Waals surface area contributed by atoms with Crippen LogP contribution in [0.1, 0.15) is 0 Å². The Labute approximate surface area is 48.4 Å². The summed E-state index contributed by atoms with van der Waals surface area (Å²) >= 11 is -2.32. The van der Waals surface area contributed by atoms with Gasteiger partial charge in [0, 0.05) is 0 Å². The van der Waals surface area contributed by atoms with Crippen LogP contribution in [0.3, 0.4) is 0 Å². The number of hydrogen-bond donors (Lipinski definition) is 2. The Hall–Kier alpha value is -0.620. The third-order valence-corrected chi connectivity index (χ3v) is 0.697. The largest absolute Gasteiger partial charge is 0.452 e. The van der Waals surface area contributed by atoms with Crippen LogP contribution in [0.15, 0.2) is 0 Å². The van der Waals surface area contributed by atoms with Gasteiger partial charge in [-0.1, -0.05) is 0 Å². The smallest absolute Gasteiger partial charge is 0.420 e. The lowest BCUT2D eigenvalue weighted by Gasteiger charge is -1.93. The standard InChI is InChI=1S/C2H5NO4S/c1-7-2(4)3-8(5)6/h1H3,(H,3,4)(H,5,6). The second kappa shape index (κ2) is 3.39. The Bertz CT molecular complexity index is 113. The number of methoxy groups -OCH3 is 1. The van der Waals surface area contributed by atoms with E-state index in [2.05, 4.69) is 4.74 Å². The molecule has 1 amide bonds. The SMILES string of the molecule is COC(=O)NS(=O)O. The molecule has 1 unspecified atom stereocenters. The van der Waals surface area contributed by atoms with Crippen LogP contribution >= 0.6 is 0 Å². The summed E-state index contributed by atoms with van der Waals surface area (Å²) in [6, 6.07) is 0. The van der Waals surface area contributed by atoms with Gasteiger partial charge in [-0.2, -0.15) is 0 Å². The van der Waals surface area contributed by atoms with Gasteiger partial charge in [-0.05, 0) is 0 Å². The zero-order chi connectivity index (χ0) is 6.57. The second-order valence-electron chi connectivity index (χ2n) is 0.843. The van der Waals surface area contributed by atoms with E-state index in [-0.39, 0.29) is 0 Å². The number of carbonyl (C=O) groups is 1. The first-order valence-electron chi connectivity index (χ1n) is 1.62. The van der Waals surface area contributed by atoms with Gasteiger partial charge in [-0.25, -0.2) is 13.7 Å². The predicted molar refractivity (Wildman–Crippen MR) is 26.3 cm³/mol. The van der Waals surface area contributed by atoms with Crippen molar-refractivity contribution in [2.45, 2.75) is 0 Å². The number of hydrogen-bond acceptors (Lipinski definition) is 3. The van der Waals surface area contributed by atoms with Gasteiger partial charge in [0.15, 0.2) is 0 Å². The van der Waals surface area contributed by atoms with Crippen LogP contribution in [0.4, 0.5) is 4.79 Å². The fourth-order valence-corrected chi connectivity index (χ4v) is 0.339. The van der Waals surface area contributed by atoms with Crippen LogP contribution in [0.25, 0.3) is 0 Å². The highest BCUT2D eigenvalue weighted by atomic mass is 32.2. The normalized spacial score (nSPS) is 12.2. The van der Waals surface area contributed by atoms with Gasteiger partial charge in [0.25, 0.3) is 11.3 Å². The Morgan fingerprint density at radius 3 is 2.50 bits per heavy atom. The lowest BCUT2D eigenvalue weighted by Crippen LogP contribution is -2.24. The average Bonchev–Trinajstić information content (AvgIpc) is 1.65. The minimum atomic E-state index is -2.32. The van der Waals surface area contributed by atoms with Crippen LogP contribution < -0.4 is 4.72 Å². The van der Waals surface area contributed by atoms with Crippen LogP contribution in [0.5, 0.6) is 0 Å². The Morgan fingerprint density at radius 2 is 2.38 bits per heavy atom. The quantitative estimate of drug-likeness (QED) is 0.479. The Morgan fingerprint density at radius 1 is 1.88 bits per heavy atom. The first-order valence-corrected chi connectivity index (χ1v) is 2.73. The van der Waals surface area contributed by atoms with Crippen molar-refractivity contribution in [3.63, 3.8) is 0 Å². The molecule has 0 aromatic rings. The first kappa shape index (κ1) is 7.38. The van der Waals surface area contributed by atoms with Gasteiger partial charge in [0.2, 0.25) is 0 Å². The molecular formula is C2H5NO4S. The molecule has 2 N–H and O–H groups in total. The topological polar surface area (TPSA) is 75.6 Å². The zero-order valence-corrected chi connectivity index (χ0v) is 4.90. The van der Waals surface area contributed by atoms with Gasteiger partial charge >= 0.3 is 6.09 Å². The minimum Gasteiger partial charge on any atom is -0.452 e. The molecule has 0 aromatic heterocycles. The van der Waals surface area contributed by atoms with Crippen molar-refractivity contribution in [1.82, 2.24) is 4.72 Å². The molecule has 48 valence electrons. The van der Waals surface area contributed by atoms with Crippen molar-refractivity contribution in [3.05, 3.63) is 0 Å². The Kier molecular flexibility index (Phi) is 3.13. The highest BCUT2D eigenvalue weighted by molar-refractivity contribution is 7.77. The molecule has 0 bridgehead atoms. The maximum atomic E-state index is 9.94. The number of ether oxygens (including phenoxy) is 1. The molecule has 8 heavy (non-hydrogen) atoms. The third-order valence-electron chi connectivity index (χ3n) is 0.356. The summed E-state index contributed by atoms with van der Waals surface area (Å²) in [6.07, 6.45) is -0.925. The summed E-state index contributed by atoms with van der Waals surface area (Å²) in [6.45, 7) is 0. The summed E-state index contributed by atoms with van der Waals surface area (Å²) in [7, 11) is 1.10. The molecule has 0 aromatic carbocycles. The first-order chi connectivity index (χ1) is 3.66. The lowest BCUT2D eigenvalue weighted by atomic mass is 11.2. The minimum absolute atomic E-state index is 0.925. The highest BCUT2D eigenvalue weighted by Crippen LogP contribution is 1.70. The fourth-order valence-electron chi connectivity index (χ4n) is 0.113. The summed E-state index contributed by atoms with van der Waals surface area (Å²) in [5.74, 6) is 0. The predicted octanol–water partition coefficient (Wildman–Crippen LogP) is -0.521. The van der Waals surface area contributed by atoms with Crippen molar-refractivity contribution >= 4 is 17.4 Å². The number of amides is 1. The maximum Gasteiger partial charge on any atom is 0.420 e. The van der Waals surface area contributed by atoms with Crippen LogP contribution in [-0.2, 0) is 16.0 Å². The molecule has 0 aliphatic rings. The van der Waals surface area contributed by atoms with Crippen LogP contribution in [0, 0.1) is 0 Å². The molecule has 0 radical (unpaired) electrons. The van der Waals surface area contributed by atoms with Crippen molar-refractivity contribution in [2.24, 2.45) is 0 Å². The summed E-state index contributed by atoms with van der Waals surface area (Å²) < 4.78 is 23.1. The molecule has 0 aliphatic heterocycles. The van der Waals surface area contributed by atoms with E-state index in [0.29, 0.717) is 0 Å². The fraction of sp³-hybridized carbons (Fsp3) is 0.500. The molecule has 0 saturated heterocycles. The monoisotopic (exact) mass is 139 g/mol. The van der Waals surface area contributed by atoms with Gasteiger partial charge in [-0.3, -0.25) is 4.55 Å². The van der Waals surface area contributed by atoms with Gasteiger partial charge in [0.05, 0.1) is 7.11 Å². The van der Waals surface area contributed by atoms with E-state index in [1.807, 2.05) is 0 Å². The van der Waals surface area contributed by atoms with Gasteiger partial charge < -0.3 is 4.74 Å². The van der Waals surface area contributed by atoms with E-state index in [0.717, 1.165) is 7.11 Å². The zero-order valence-electron chi connectivity index (χ0n) is 4.08.